The molecule has 0 radical (unpaired) electrons. The third-order valence-electron chi connectivity index (χ3n) is 3.75. The summed E-state index contributed by atoms with van der Waals surface area (Å²) in [5.74, 6) is 0. The zero-order valence-corrected chi connectivity index (χ0v) is 13.7. The highest BCUT2D eigenvalue weighted by Crippen LogP contribution is 2.18. The standard InChI is InChI=1S/C18H24N4O/c1-3-7-17(16-8-5-6-11-20-16)22-18(23)21-15(4-2)14-9-12-19-13-10-14/h5-6,8-13,15,17H,3-4,7H2,1-2H3,(H2,21,22,23)/t15-,17+/m1/s1. The van der Waals surface area contributed by atoms with Crippen molar-refractivity contribution in [1.29, 1.82) is 0 Å². The van der Waals surface area contributed by atoms with Crippen molar-refractivity contribution < 1.29 is 4.79 Å². The van der Waals surface area contributed by atoms with Gasteiger partial charge in [0, 0.05) is 18.6 Å². The van der Waals surface area contributed by atoms with Gasteiger partial charge in [-0.1, -0.05) is 26.3 Å². The predicted octanol–water partition coefficient (Wildman–Crippen LogP) is 3.77. The molecule has 0 fully saturated rings. The summed E-state index contributed by atoms with van der Waals surface area (Å²) in [7, 11) is 0. The van der Waals surface area contributed by atoms with Gasteiger partial charge in [-0.3, -0.25) is 9.97 Å². The topological polar surface area (TPSA) is 66.9 Å². The second-order valence-electron chi connectivity index (χ2n) is 5.46. The second-order valence-corrected chi connectivity index (χ2v) is 5.46. The Morgan fingerprint density at radius 3 is 2.39 bits per heavy atom. The number of urea groups is 1. The van der Waals surface area contributed by atoms with Gasteiger partial charge in [-0.15, -0.1) is 0 Å². The van der Waals surface area contributed by atoms with Crippen LogP contribution in [0, 0.1) is 0 Å². The van der Waals surface area contributed by atoms with Crippen LogP contribution in [-0.4, -0.2) is 16.0 Å². The van der Waals surface area contributed by atoms with Crippen molar-refractivity contribution in [3.05, 3.63) is 60.2 Å². The van der Waals surface area contributed by atoms with E-state index < -0.39 is 0 Å². The van der Waals surface area contributed by atoms with Gasteiger partial charge >= 0.3 is 6.03 Å². The average Bonchev–Trinajstić information content (AvgIpc) is 2.61. The largest absolute Gasteiger partial charge is 0.331 e. The van der Waals surface area contributed by atoms with Crippen LogP contribution in [0.5, 0.6) is 0 Å². The van der Waals surface area contributed by atoms with E-state index >= 15 is 0 Å². The van der Waals surface area contributed by atoms with E-state index in [0.29, 0.717) is 0 Å². The van der Waals surface area contributed by atoms with Crippen LogP contribution in [0.1, 0.15) is 56.5 Å². The Hall–Kier alpha value is -2.43. The van der Waals surface area contributed by atoms with Gasteiger partial charge in [-0.2, -0.15) is 0 Å². The molecule has 122 valence electrons. The third-order valence-corrected chi connectivity index (χ3v) is 3.75. The first kappa shape index (κ1) is 16.9. The number of hydrogen-bond donors (Lipinski definition) is 2. The van der Waals surface area contributed by atoms with Gasteiger partial charge in [-0.05, 0) is 42.7 Å². The molecular weight excluding hydrogens is 288 g/mol. The molecule has 2 amide bonds. The molecule has 2 heterocycles. The summed E-state index contributed by atoms with van der Waals surface area (Å²) >= 11 is 0. The molecule has 0 unspecified atom stereocenters. The number of aromatic nitrogens is 2. The molecule has 0 aliphatic heterocycles. The van der Waals surface area contributed by atoms with Crippen molar-refractivity contribution in [3.63, 3.8) is 0 Å². The highest BCUT2D eigenvalue weighted by molar-refractivity contribution is 5.75. The predicted molar refractivity (Wildman–Crippen MR) is 90.8 cm³/mol. The molecule has 2 N–H and O–H groups in total. The molecule has 2 rings (SSSR count). The van der Waals surface area contributed by atoms with Gasteiger partial charge in [-0.25, -0.2) is 4.79 Å². The number of carbonyl (C=O) groups is 1. The fraction of sp³-hybridized carbons (Fsp3) is 0.389. The summed E-state index contributed by atoms with van der Waals surface area (Å²) in [5.41, 5.74) is 1.95. The van der Waals surface area contributed by atoms with Gasteiger partial charge in [0.1, 0.15) is 0 Å². The third kappa shape index (κ3) is 5.06. The Labute approximate surface area is 137 Å². The minimum absolute atomic E-state index is 0.0241. The maximum atomic E-state index is 12.4. The van der Waals surface area contributed by atoms with E-state index in [9.17, 15) is 4.79 Å². The smallest absolute Gasteiger partial charge is 0.315 e. The van der Waals surface area contributed by atoms with E-state index in [-0.39, 0.29) is 18.1 Å². The lowest BCUT2D eigenvalue weighted by molar-refractivity contribution is 0.231. The Morgan fingerprint density at radius 1 is 1.04 bits per heavy atom. The molecular formula is C18H24N4O. The molecule has 23 heavy (non-hydrogen) atoms. The quantitative estimate of drug-likeness (QED) is 0.818. The molecule has 5 heteroatoms. The Bertz CT molecular complexity index is 588. The van der Waals surface area contributed by atoms with Gasteiger partial charge in [0.2, 0.25) is 0 Å². The van der Waals surface area contributed by atoms with Gasteiger partial charge < -0.3 is 10.6 Å². The summed E-state index contributed by atoms with van der Waals surface area (Å²) < 4.78 is 0. The monoisotopic (exact) mass is 312 g/mol. The molecule has 0 aliphatic carbocycles. The van der Waals surface area contributed by atoms with Crippen LogP contribution in [0.3, 0.4) is 0 Å². The Morgan fingerprint density at radius 2 is 1.78 bits per heavy atom. The Kier molecular flexibility index (Phi) is 6.54. The summed E-state index contributed by atoms with van der Waals surface area (Å²) in [4.78, 5) is 20.8. The molecule has 0 bridgehead atoms. The zero-order valence-electron chi connectivity index (χ0n) is 13.7. The molecule has 0 aliphatic rings. The van der Waals surface area contributed by atoms with Crippen LogP contribution < -0.4 is 10.6 Å². The van der Waals surface area contributed by atoms with Crippen LogP contribution >= 0.6 is 0 Å². The van der Waals surface area contributed by atoms with Crippen LogP contribution in [0.4, 0.5) is 4.79 Å². The molecule has 5 nitrogen and oxygen atoms in total. The number of nitrogens with one attached hydrogen (secondary N) is 2. The molecule has 0 spiro atoms. The number of amides is 2. The lowest BCUT2D eigenvalue weighted by Crippen LogP contribution is -2.40. The number of nitrogens with zero attached hydrogens (tertiary/aromatic N) is 2. The fourth-order valence-electron chi connectivity index (χ4n) is 2.54. The van der Waals surface area contributed by atoms with Crippen molar-refractivity contribution >= 4 is 6.03 Å². The van der Waals surface area contributed by atoms with E-state index in [0.717, 1.165) is 30.5 Å². The van der Waals surface area contributed by atoms with Crippen molar-refractivity contribution in [2.24, 2.45) is 0 Å². The maximum Gasteiger partial charge on any atom is 0.315 e. The lowest BCUT2D eigenvalue weighted by Gasteiger charge is -2.22. The van der Waals surface area contributed by atoms with Crippen LogP contribution in [0.15, 0.2) is 48.9 Å². The summed E-state index contributed by atoms with van der Waals surface area (Å²) in [6.07, 6.45) is 7.89. The van der Waals surface area contributed by atoms with Crippen LogP contribution in [-0.2, 0) is 0 Å². The average molecular weight is 312 g/mol. The highest BCUT2D eigenvalue weighted by Gasteiger charge is 2.17. The van der Waals surface area contributed by atoms with Crippen molar-refractivity contribution in [2.45, 2.75) is 45.2 Å². The number of carbonyl (C=O) groups excluding carboxylic acids is 1. The van der Waals surface area contributed by atoms with E-state index in [1.807, 2.05) is 37.3 Å². The van der Waals surface area contributed by atoms with Gasteiger partial charge in [0.25, 0.3) is 0 Å². The Balaban J connectivity index is 2.01. The molecule has 0 saturated carbocycles. The van der Waals surface area contributed by atoms with E-state index in [1.54, 1.807) is 18.6 Å². The summed E-state index contributed by atoms with van der Waals surface area (Å²) in [5, 5.41) is 6.08. The van der Waals surface area contributed by atoms with Crippen molar-refractivity contribution in [3.8, 4) is 0 Å². The fourth-order valence-corrected chi connectivity index (χ4v) is 2.54. The summed E-state index contributed by atoms with van der Waals surface area (Å²) in [6, 6.07) is 9.35. The maximum absolute atomic E-state index is 12.4. The SMILES string of the molecule is CCC[C@H](NC(=O)N[C@H](CC)c1ccncc1)c1ccccn1. The highest BCUT2D eigenvalue weighted by atomic mass is 16.2. The molecule has 2 aromatic rings. The number of pyridine rings is 2. The van der Waals surface area contributed by atoms with Crippen LogP contribution in [0.25, 0.3) is 0 Å². The molecule has 0 aromatic carbocycles. The zero-order chi connectivity index (χ0) is 16.5. The van der Waals surface area contributed by atoms with E-state index in [4.69, 9.17) is 0 Å². The first-order valence-corrected chi connectivity index (χ1v) is 8.12. The van der Waals surface area contributed by atoms with Gasteiger partial charge in [0.05, 0.1) is 17.8 Å². The van der Waals surface area contributed by atoms with Gasteiger partial charge in [0.15, 0.2) is 0 Å². The van der Waals surface area contributed by atoms with Crippen LogP contribution in [0.2, 0.25) is 0 Å². The lowest BCUT2D eigenvalue weighted by atomic mass is 10.1. The van der Waals surface area contributed by atoms with Crippen molar-refractivity contribution in [1.82, 2.24) is 20.6 Å². The normalized spacial score (nSPS) is 13.1. The van der Waals surface area contributed by atoms with E-state index in [1.165, 1.54) is 0 Å². The second kappa shape index (κ2) is 8.88. The molecule has 2 aromatic heterocycles. The first-order valence-electron chi connectivity index (χ1n) is 8.12. The molecule has 2 atom stereocenters. The van der Waals surface area contributed by atoms with Crippen molar-refractivity contribution in [2.75, 3.05) is 0 Å². The minimum Gasteiger partial charge on any atom is -0.331 e. The number of rotatable bonds is 7. The molecule has 0 saturated heterocycles. The minimum atomic E-state index is -0.169. The number of hydrogen-bond acceptors (Lipinski definition) is 3. The summed E-state index contributed by atoms with van der Waals surface area (Å²) in [6.45, 7) is 4.15. The first-order chi connectivity index (χ1) is 11.2. The van der Waals surface area contributed by atoms with E-state index in [2.05, 4.69) is 27.5 Å².